The number of aromatic nitrogens is 1. The molecule has 0 saturated carbocycles. The molecule has 1 unspecified atom stereocenters. The van der Waals surface area contributed by atoms with Gasteiger partial charge in [-0.2, -0.15) is 0 Å². The third-order valence-electron chi connectivity index (χ3n) is 2.60. The molecular weight excluding hydrogens is 248 g/mol. The first-order valence-electron chi connectivity index (χ1n) is 6.19. The molecule has 1 atom stereocenters. The summed E-state index contributed by atoms with van der Waals surface area (Å²) in [7, 11) is 0. The highest BCUT2D eigenvalue weighted by molar-refractivity contribution is 5.96. The lowest BCUT2D eigenvalue weighted by molar-refractivity contribution is -0.121. The van der Waals surface area contributed by atoms with Crippen molar-refractivity contribution in [2.75, 3.05) is 6.54 Å². The van der Waals surface area contributed by atoms with Crippen LogP contribution in [0.3, 0.4) is 0 Å². The average molecular weight is 268 g/mol. The van der Waals surface area contributed by atoms with Crippen LogP contribution in [0.4, 0.5) is 4.79 Å². The van der Waals surface area contributed by atoms with E-state index in [2.05, 4.69) is 20.9 Å². The number of aryl methyl sites for hydroxylation is 2. The molecule has 0 aliphatic carbocycles. The summed E-state index contributed by atoms with van der Waals surface area (Å²) in [4.78, 5) is 27.0. The fourth-order valence-corrected chi connectivity index (χ4v) is 1.37. The highest BCUT2D eigenvalue weighted by Crippen LogP contribution is 2.07. The van der Waals surface area contributed by atoms with Gasteiger partial charge in [0.15, 0.2) is 0 Å². The normalized spacial score (nSPS) is 12.0. The van der Waals surface area contributed by atoms with Crippen LogP contribution < -0.4 is 16.0 Å². The number of nitrogens with one attached hydrogen (secondary N) is 3. The Hall–Kier alpha value is -1.89. The molecule has 7 heteroatoms. The molecule has 0 fully saturated rings. The highest BCUT2D eigenvalue weighted by atomic mass is 16.4. The Morgan fingerprint density at radius 1 is 1.37 bits per heavy atom. The van der Waals surface area contributed by atoms with Crippen LogP contribution in [0.1, 0.15) is 31.2 Å². The molecule has 106 valence electrons. The van der Waals surface area contributed by atoms with Crippen molar-refractivity contribution >= 4 is 11.9 Å². The third-order valence-corrected chi connectivity index (χ3v) is 2.60. The van der Waals surface area contributed by atoms with E-state index in [-0.39, 0.29) is 0 Å². The van der Waals surface area contributed by atoms with Gasteiger partial charge in [-0.25, -0.2) is 9.78 Å². The van der Waals surface area contributed by atoms with E-state index in [0.717, 1.165) is 11.5 Å². The smallest absolute Gasteiger partial charge is 0.321 e. The van der Waals surface area contributed by atoms with Crippen LogP contribution in [0.2, 0.25) is 0 Å². The lowest BCUT2D eigenvalue weighted by atomic mass is 10.3. The summed E-state index contributed by atoms with van der Waals surface area (Å²) in [6, 6.07) is -1.01. The monoisotopic (exact) mass is 268 g/mol. The molecule has 0 saturated heterocycles. The molecule has 0 bridgehead atoms. The van der Waals surface area contributed by atoms with E-state index in [1.54, 1.807) is 13.8 Å². The van der Waals surface area contributed by atoms with Crippen molar-refractivity contribution in [3.63, 3.8) is 0 Å². The van der Waals surface area contributed by atoms with E-state index >= 15 is 0 Å². The van der Waals surface area contributed by atoms with Crippen molar-refractivity contribution < 1.29 is 14.0 Å². The van der Waals surface area contributed by atoms with Gasteiger partial charge in [-0.3, -0.25) is 15.4 Å². The number of hydrogen-bond donors (Lipinski definition) is 3. The van der Waals surface area contributed by atoms with Gasteiger partial charge in [-0.1, -0.05) is 0 Å². The number of imide groups is 1. The summed E-state index contributed by atoms with van der Waals surface area (Å²) in [5, 5.41) is 7.66. The molecule has 1 heterocycles. The summed E-state index contributed by atoms with van der Waals surface area (Å²) < 4.78 is 5.38. The van der Waals surface area contributed by atoms with Gasteiger partial charge in [0, 0.05) is 6.54 Å². The molecule has 1 rings (SSSR count). The first-order valence-corrected chi connectivity index (χ1v) is 6.19. The Morgan fingerprint density at radius 3 is 2.58 bits per heavy atom. The van der Waals surface area contributed by atoms with Crippen molar-refractivity contribution in [3.8, 4) is 0 Å². The molecule has 0 aliphatic rings. The van der Waals surface area contributed by atoms with E-state index in [0.29, 0.717) is 19.0 Å². The summed E-state index contributed by atoms with van der Waals surface area (Å²) in [6.45, 7) is 7.93. The fourth-order valence-electron chi connectivity index (χ4n) is 1.37. The predicted octanol–water partition coefficient (Wildman–Crippen LogP) is 0.615. The van der Waals surface area contributed by atoms with Crippen LogP contribution in [0, 0.1) is 13.8 Å². The molecule has 1 aromatic heterocycles. The van der Waals surface area contributed by atoms with Crippen molar-refractivity contribution in [2.24, 2.45) is 0 Å². The van der Waals surface area contributed by atoms with Crippen molar-refractivity contribution in [1.29, 1.82) is 0 Å². The van der Waals surface area contributed by atoms with Gasteiger partial charge in [-0.05, 0) is 27.7 Å². The number of nitrogens with zero attached hydrogens (tertiary/aromatic N) is 1. The minimum atomic E-state index is -0.518. The molecule has 19 heavy (non-hydrogen) atoms. The number of urea groups is 1. The van der Waals surface area contributed by atoms with Gasteiger partial charge in [0.25, 0.3) is 0 Å². The Kier molecular flexibility index (Phi) is 5.50. The zero-order chi connectivity index (χ0) is 14.4. The first kappa shape index (κ1) is 15.2. The standard InChI is InChI=1S/C12H20N4O3/c1-5-13-12(18)16-11(17)8(3)14-6-10-15-7(2)9(4)19-10/h8,14H,5-6H2,1-4H3,(H2,13,16,17,18). The summed E-state index contributed by atoms with van der Waals surface area (Å²) in [5.41, 5.74) is 0.830. The molecule has 0 radical (unpaired) electrons. The molecular formula is C12H20N4O3. The summed E-state index contributed by atoms with van der Waals surface area (Å²) in [5.74, 6) is 0.884. The van der Waals surface area contributed by atoms with Crippen LogP contribution in [-0.4, -0.2) is 29.5 Å². The van der Waals surface area contributed by atoms with Crippen LogP contribution in [0.15, 0.2) is 4.42 Å². The largest absolute Gasteiger partial charge is 0.444 e. The van der Waals surface area contributed by atoms with E-state index in [9.17, 15) is 9.59 Å². The zero-order valence-corrected chi connectivity index (χ0v) is 11.7. The molecule has 7 nitrogen and oxygen atoms in total. The molecule has 0 aromatic carbocycles. The summed E-state index contributed by atoms with van der Waals surface area (Å²) >= 11 is 0. The van der Waals surface area contributed by atoms with Crippen molar-refractivity contribution in [1.82, 2.24) is 20.9 Å². The van der Waals surface area contributed by atoms with Gasteiger partial charge in [0.2, 0.25) is 11.8 Å². The van der Waals surface area contributed by atoms with Crippen LogP contribution >= 0.6 is 0 Å². The molecule has 3 amide bonds. The van der Waals surface area contributed by atoms with E-state index in [1.165, 1.54) is 0 Å². The van der Waals surface area contributed by atoms with Gasteiger partial charge < -0.3 is 9.73 Å². The molecule has 0 aliphatic heterocycles. The Balaban J connectivity index is 2.40. The number of amides is 3. The maximum Gasteiger partial charge on any atom is 0.321 e. The lowest BCUT2D eigenvalue weighted by Gasteiger charge is -2.12. The zero-order valence-electron chi connectivity index (χ0n) is 11.7. The van der Waals surface area contributed by atoms with Crippen LogP contribution in [-0.2, 0) is 11.3 Å². The number of oxazole rings is 1. The van der Waals surface area contributed by atoms with Crippen LogP contribution in [0.5, 0.6) is 0 Å². The minimum Gasteiger partial charge on any atom is -0.444 e. The second-order valence-electron chi connectivity index (χ2n) is 4.20. The maximum atomic E-state index is 11.6. The van der Waals surface area contributed by atoms with Gasteiger partial charge in [0.1, 0.15) is 5.76 Å². The second-order valence-corrected chi connectivity index (χ2v) is 4.20. The lowest BCUT2D eigenvalue weighted by Crippen LogP contribution is -2.47. The van der Waals surface area contributed by atoms with E-state index in [4.69, 9.17) is 4.42 Å². The van der Waals surface area contributed by atoms with E-state index in [1.807, 2.05) is 13.8 Å². The Labute approximate surface area is 112 Å². The second kappa shape index (κ2) is 6.89. The molecule has 1 aromatic rings. The fraction of sp³-hybridized carbons (Fsp3) is 0.583. The number of rotatable bonds is 5. The van der Waals surface area contributed by atoms with Gasteiger partial charge in [0.05, 0.1) is 18.3 Å². The molecule has 0 spiro atoms. The number of hydrogen-bond acceptors (Lipinski definition) is 5. The van der Waals surface area contributed by atoms with Crippen LogP contribution in [0.25, 0.3) is 0 Å². The first-order chi connectivity index (χ1) is 8.93. The number of carbonyl (C=O) groups is 2. The third kappa shape index (κ3) is 4.70. The quantitative estimate of drug-likeness (QED) is 0.727. The Morgan fingerprint density at radius 2 is 2.05 bits per heavy atom. The van der Waals surface area contributed by atoms with Crippen molar-refractivity contribution in [2.45, 2.75) is 40.3 Å². The molecule has 3 N–H and O–H groups in total. The van der Waals surface area contributed by atoms with E-state index < -0.39 is 18.0 Å². The predicted molar refractivity (Wildman–Crippen MR) is 69.5 cm³/mol. The number of carbonyl (C=O) groups excluding carboxylic acids is 2. The van der Waals surface area contributed by atoms with Crippen molar-refractivity contribution in [3.05, 3.63) is 17.3 Å². The topological polar surface area (TPSA) is 96.3 Å². The van der Waals surface area contributed by atoms with Gasteiger partial charge in [-0.15, -0.1) is 0 Å². The maximum absolute atomic E-state index is 11.6. The minimum absolute atomic E-state index is 0.332. The average Bonchev–Trinajstić information content (AvgIpc) is 2.66. The van der Waals surface area contributed by atoms with Gasteiger partial charge >= 0.3 is 6.03 Å². The summed E-state index contributed by atoms with van der Waals surface area (Å²) in [6.07, 6.45) is 0. The Bertz CT molecular complexity index is 436. The SMILES string of the molecule is CCNC(=O)NC(=O)C(C)NCc1nc(C)c(C)o1. The highest BCUT2D eigenvalue weighted by Gasteiger charge is 2.16.